The third-order valence-corrected chi connectivity index (χ3v) is 13.2. The fourth-order valence-corrected chi connectivity index (χ4v) is 9.97. The first kappa shape index (κ1) is 45.5. The van der Waals surface area contributed by atoms with Crippen LogP contribution in [0, 0.1) is 0 Å². The lowest BCUT2D eigenvalue weighted by molar-refractivity contribution is 0.261. The molecule has 344 valence electrons. The summed E-state index contributed by atoms with van der Waals surface area (Å²) in [7, 11) is 0. The van der Waals surface area contributed by atoms with Crippen LogP contribution in [0.4, 0.5) is 32.3 Å². The zero-order chi connectivity index (χ0) is 48.3. The fourth-order valence-electron chi connectivity index (χ4n) is 9.97. The molecule has 4 amide bonds. The largest absolute Gasteiger partial charge is 0.323 e. The van der Waals surface area contributed by atoms with Gasteiger partial charge in [0, 0.05) is 22.7 Å². The van der Waals surface area contributed by atoms with Crippen LogP contribution >= 0.6 is 0 Å². The molecule has 0 aliphatic heterocycles. The molecule has 4 N–H and O–H groups in total. The summed E-state index contributed by atoms with van der Waals surface area (Å²) < 4.78 is 0. The predicted octanol–water partition coefficient (Wildman–Crippen LogP) is 15.3. The van der Waals surface area contributed by atoms with Crippen LogP contribution in [0.5, 0.6) is 0 Å². The van der Waals surface area contributed by atoms with Crippen molar-refractivity contribution >= 4 is 34.8 Å². The van der Waals surface area contributed by atoms with E-state index in [1.807, 2.05) is 109 Å². The lowest BCUT2D eigenvalue weighted by Gasteiger charge is -2.37. The topological polar surface area (TPSA) is 82.3 Å². The highest BCUT2D eigenvalue weighted by Crippen LogP contribution is 2.47. The molecule has 0 unspecified atom stereocenters. The maximum atomic E-state index is 13.3. The minimum absolute atomic E-state index is 0.328. The molecule has 0 saturated heterocycles. The highest BCUT2D eigenvalue weighted by Gasteiger charge is 2.39. The van der Waals surface area contributed by atoms with Crippen molar-refractivity contribution in [2.45, 2.75) is 17.3 Å². The van der Waals surface area contributed by atoms with Crippen LogP contribution in [0.3, 0.4) is 0 Å². The molecule has 0 spiro atoms. The molecule has 0 radical (unpaired) electrons. The molecular weight excluding hydrogens is 869 g/mol. The van der Waals surface area contributed by atoms with E-state index >= 15 is 0 Å². The van der Waals surface area contributed by atoms with Gasteiger partial charge < -0.3 is 21.3 Å². The van der Waals surface area contributed by atoms with E-state index in [1.165, 1.54) is 0 Å². The van der Waals surface area contributed by atoms with Crippen molar-refractivity contribution in [3.63, 3.8) is 0 Å². The fraction of sp³-hybridized carbons (Fsp3) is 0.0462. The highest BCUT2D eigenvalue weighted by atomic mass is 16.2. The Morgan fingerprint density at radius 3 is 0.634 bits per heavy atom. The second-order valence-electron chi connectivity index (χ2n) is 17.6. The summed E-state index contributed by atoms with van der Waals surface area (Å²) >= 11 is 0. The van der Waals surface area contributed by atoms with Gasteiger partial charge in [0.25, 0.3) is 0 Å². The molecule has 0 atom stereocenters. The van der Waals surface area contributed by atoms with Crippen LogP contribution < -0.4 is 21.3 Å². The van der Waals surface area contributed by atoms with Crippen molar-refractivity contribution in [3.8, 4) is 0 Å². The Morgan fingerprint density at radius 2 is 0.423 bits per heavy atom. The number of hydrogen-bond acceptors (Lipinski definition) is 2. The third kappa shape index (κ3) is 9.73. The quantitative estimate of drug-likeness (QED) is 0.0820. The van der Waals surface area contributed by atoms with E-state index < -0.39 is 10.8 Å². The summed E-state index contributed by atoms with van der Waals surface area (Å²) in [6.07, 6.45) is 0.685. The molecule has 6 heteroatoms. The Labute approximate surface area is 415 Å². The van der Waals surface area contributed by atoms with Gasteiger partial charge in [-0.1, -0.05) is 231 Å². The summed E-state index contributed by atoms with van der Waals surface area (Å²) in [6.45, 7) is 0. The van der Waals surface area contributed by atoms with E-state index in [9.17, 15) is 9.59 Å². The van der Waals surface area contributed by atoms with Crippen molar-refractivity contribution in [2.24, 2.45) is 0 Å². The van der Waals surface area contributed by atoms with Crippen molar-refractivity contribution in [3.05, 3.63) is 335 Å². The van der Waals surface area contributed by atoms with Crippen molar-refractivity contribution < 1.29 is 9.59 Å². The van der Waals surface area contributed by atoms with Crippen LogP contribution in [-0.4, -0.2) is 12.1 Å². The van der Waals surface area contributed by atoms with Crippen molar-refractivity contribution in [1.82, 2.24) is 0 Å². The monoisotopic (exact) mass is 920 g/mol. The van der Waals surface area contributed by atoms with Crippen molar-refractivity contribution in [2.75, 3.05) is 21.3 Å². The number of anilines is 4. The maximum Gasteiger partial charge on any atom is 0.323 e. The van der Waals surface area contributed by atoms with Gasteiger partial charge in [-0.2, -0.15) is 0 Å². The Kier molecular flexibility index (Phi) is 13.4. The molecule has 0 aliphatic rings. The lowest BCUT2D eigenvalue weighted by Crippen LogP contribution is -2.31. The van der Waals surface area contributed by atoms with Gasteiger partial charge >= 0.3 is 12.1 Å². The van der Waals surface area contributed by atoms with E-state index in [-0.39, 0.29) is 12.1 Å². The average molecular weight is 921 g/mol. The Morgan fingerprint density at radius 1 is 0.239 bits per heavy atom. The number of rotatable bonds is 14. The van der Waals surface area contributed by atoms with Gasteiger partial charge in [-0.3, -0.25) is 0 Å². The summed E-state index contributed by atoms with van der Waals surface area (Å²) in [5, 5.41) is 12.0. The van der Waals surface area contributed by atoms with E-state index in [1.54, 1.807) is 0 Å². The first-order valence-electron chi connectivity index (χ1n) is 23.9. The van der Waals surface area contributed by atoms with Crippen LogP contribution in [0.1, 0.15) is 55.6 Å². The molecule has 0 aliphatic carbocycles. The molecule has 10 aromatic rings. The molecule has 10 rings (SSSR count). The van der Waals surface area contributed by atoms with E-state index in [0.29, 0.717) is 29.2 Å². The zero-order valence-electron chi connectivity index (χ0n) is 39.1. The molecule has 0 fully saturated rings. The van der Waals surface area contributed by atoms with Gasteiger partial charge in [0.05, 0.1) is 10.8 Å². The molecule has 71 heavy (non-hydrogen) atoms. The van der Waals surface area contributed by atoms with Crippen LogP contribution in [-0.2, 0) is 17.3 Å². The Bertz CT molecular complexity index is 2880. The van der Waals surface area contributed by atoms with Gasteiger partial charge in [-0.05, 0) is 111 Å². The van der Waals surface area contributed by atoms with Crippen molar-refractivity contribution in [1.29, 1.82) is 0 Å². The SMILES string of the molecule is O=C(Nc1ccc(Cc2ccc(NC(=O)Nc3ccc(C(c4ccccc4)(c4ccccc4)c4ccccc4)cc3)cc2)cc1)Nc1ccc(C(c2ccccc2)(c2ccccc2)c2ccccc2)cc1. The number of carbonyl (C=O) groups is 2. The summed E-state index contributed by atoms with van der Waals surface area (Å²) in [5.74, 6) is 0. The van der Waals surface area contributed by atoms with Crippen LogP contribution in [0.15, 0.2) is 279 Å². The number of nitrogens with one attached hydrogen (secondary N) is 4. The minimum Gasteiger partial charge on any atom is -0.308 e. The van der Waals surface area contributed by atoms with Gasteiger partial charge in [0.2, 0.25) is 0 Å². The predicted molar refractivity (Wildman–Crippen MR) is 290 cm³/mol. The molecular formula is C65H52N4O2. The number of urea groups is 2. The van der Waals surface area contributed by atoms with Crippen LogP contribution in [0.2, 0.25) is 0 Å². The number of amides is 4. The van der Waals surface area contributed by atoms with E-state index in [0.717, 1.165) is 55.6 Å². The van der Waals surface area contributed by atoms with Gasteiger partial charge in [0.15, 0.2) is 0 Å². The Balaban J connectivity index is 0.757. The molecule has 0 bridgehead atoms. The summed E-state index contributed by atoms with van der Waals surface area (Å²) in [4.78, 5) is 26.5. The number of benzene rings is 10. The number of hydrogen-bond donors (Lipinski definition) is 4. The smallest absolute Gasteiger partial charge is 0.308 e. The van der Waals surface area contributed by atoms with Gasteiger partial charge in [-0.15, -0.1) is 0 Å². The molecule has 0 saturated carbocycles. The second kappa shape index (κ2) is 20.9. The van der Waals surface area contributed by atoms with E-state index in [4.69, 9.17) is 0 Å². The standard InChI is InChI=1S/C65H52N4O2/c70-62(68-60-43-35-56(36-44-60)64(50-19-7-1-8-20-50,51-21-9-2-10-22-51)52-23-11-3-12-24-52)66-58-39-31-48(32-40-58)47-49-33-41-59(42-34-49)67-63(71)69-61-45-37-57(38-46-61)65(53-25-13-4-14-26-53,54-27-15-5-16-28-54)55-29-17-6-18-30-55/h1-46H,47H2,(H2,66,68,70)(H2,67,69,71). The van der Waals surface area contributed by atoms with Gasteiger partial charge in [0.1, 0.15) is 0 Å². The first-order valence-corrected chi connectivity index (χ1v) is 23.9. The molecule has 0 heterocycles. The summed E-state index contributed by atoms with van der Waals surface area (Å²) in [5.41, 5.74) is 12.9. The highest BCUT2D eigenvalue weighted by molar-refractivity contribution is 6.00. The second-order valence-corrected chi connectivity index (χ2v) is 17.6. The van der Waals surface area contributed by atoms with E-state index in [2.05, 4.69) is 191 Å². The maximum absolute atomic E-state index is 13.3. The van der Waals surface area contributed by atoms with Crippen LogP contribution in [0.25, 0.3) is 0 Å². The lowest BCUT2D eigenvalue weighted by atomic mass is 9.65. The van der Waals surface area contributed by atoms with Gasteiger partial charge in [-0.25, -0.2) is 9.59 Å². The Hall–Kier alpha value is -9.26. The normalized spacial score (nSPS) is 11.3. The average Bonchev–Trinajstić information content (AvgIpc) is 3.43. The molecule has 6 nitrogen and oxygen atoms in total. The zero-order valence-corrected chi connectivity index (χ0v) is 39.1. The third-order valence-electron chi connectivity index (χ3n) is 13.2. The molecule has 10 aromatic carbocycles. The minimum atomic E-state index is -0.567. The molecule has 0 aromatic heterocycles. The first-order chi connectivity index (χ1) is 35.0. The number of carbonyl (C=O) groups excluding carboxylic acids is 2. The summed E-state index contributed by atoms with van der Waals surface area (Å²) in [6, 6.07) is 94.6.